The second-order valence-corrected chi connectivity index (χ2v) is 6.22. The molecule has 2 aromatic rings. The third-order valence-electron chi connectivity index (χ3n) is 2.61. The molecule has 1 nitrogen and oxygen atoms in total. The van der Waals surface area contributed by atoms with Crippen LogP contribution in [0.5, 0.6) is 0 Å². The summed E-state index contributed by atoms with van der Waals surface area (Å²) in [5, 5.41) is 5.29. The van der Waals surface area contributed by atoms with Gasteiger partial charge in [0.05, 0.1) is 4.88 Å². The van der Waals surface area contributed by atoms with Crippen LogP contribution in [0.2, 0.25) is 0 Å². The molecule has 0 aliphatic carbocycles. The molecule has 0 atom stereocenters. The summed E-state index contributed by atoms with van der Waals surface area (Å²) in [6.45, 7) is 4.95. The standard InChI is InChI=1S/C14H15BrFNS/c1-9(2)17-8-10-3-4-13(16)11(7-10)14-12(15)5-6-18-14/h3-7,9,17H,8H2,1-2H3. The van der Waals surface area contributed by atoms with E-state index in [1.807, 2.05) is 23.6 Å². The van der Waals surface area contributed by atoms with Crippen molar-refractivity contribution < 1.29 is 4.39 Å². The number of rotatable bonds is 4. The summed E-state index contributed by atoms with van der Waals surface area (Å²) in [7, 11) is 0. The molecular formula is C14H15BrFNS. The van der Waals surface area contributed by atoms with Crippen molar-refractivity contribution in [2.45, 2.75) is 26.4 Å². The Morgan fingerprint density at radius 2 is 2.11 bits per heavy atom. The Bertz CT molecular complexity index is 536. The minimum atomic E-state index is -0.175. The van der Waals surface area contributed by atoms with Crippen LogP contribution in [0, 0.1) is 5.82 Å². The first-order chi connectivity index (χ1) is 8.58. The minimum Gasteiger partial charge on any atom is -0.310 e. The zero-order chi connectivity index (χ0) is 13.1. The Kier molecular flexibility index (Phi) is 4.54. The van der Waals surface area contributed by atoms with Crippen molar-refractivity contribution in [1.29, 1.82) is 0 Å². The molecule has 0 amide bonds. The van der Waals surface area contributed by atoms with Crippen LogP contribution in [0.25, 0.3) is 10.4 Å². The van der Waals surface area contributed by atoms with Crippen LogP contribution >= 0.6 is 27.3 Å². The smallest absolute Gasteiger partial charge is 0.131 e. The van der Waals surface area contributed by atoms with Crippen molar-refractivity contribution >= 4 is 27.3 Å². The lowest BCUT2D eigenvalue weighted by Crippen LogP contribution is -2.21. The second kappa shape index (κ2) is 5.95. The number of hydrogen-bond acceptors (Lipinski definition) is 2. The van der Waals surface area contributed by atoms with Crippen LogP contribution in [0.1, 0.15) is 19.4 Å². The third-order valence-corrected chi connectivity index (χ3v) is 4.48. The molecule has 2 rings (SSSR count). The third kappa shape index (κ3) is 3.19. The average Bonchev–Trinajstić information content (AvgIpc) is 2.74. The molecule has 1 N–H and O–H groups in total. The summed E-state index contributed by atoms with van der Waals surface area (Å²) >= 11 is 4.99. The molecule has 1 heterocycles. The van der Waals surface area contributed by atoms with Gasteiger partial charge in [-0.2, -0.15) is 0 Å². The number of hydrogen-bond donors (Lipinski definition) is 1. The van der Waals surface area contributed by atoms with E-state index in [9.17, 15) is 4.39 Å². The van der Waals surface area contributed by atoms with Crippen molar-refractivity contribution in [1.82, 2.24) is 5.32 Å². The maximum Gasteiger partial charge on any atom is 0.131 e. The SMILES string of the molecule is CC(C)NCc1ccc(F)c(-c2sccc2Br)c1. The van der Waals surface area contributed by atoms with E-state index in [2.05, 4.69) is 35.1 Å². The predicted molar refractivity (Wildman–Crippen MR) is 79.4 cm³/mol. The fourth-order valence-electron chi connectivity index (χ4n) is 1.66. The fraction of sp³-hybridized carbons (Fsp3) is 0.286. The first-order valence-corrected chi connectivity index (χ1v) is 7.50. The van der Waals surface area contributed by atoms with Gasteiger partial charge < -0.3 is 5.32 Å². The van der Waals surface area contributed by atoms with Crippen LogP contribution in [-0.4, -0.2) is 6.04 Å². The van der Waals surface area contributed by atoms with Gasteiger partial charge in [-0.15, -0.1) is 11.3 Å². The number of halogens is 2. The highest BCUT2D eigenvalue weighted by atomic mass is 79.9. The number of thiophene rings is 1. The molecule has 0 aliphatic heterocycles. The average molecular weight is 328 g/mol. The lowest BCUT2D eigenvalue weighted by atomic mass is 10.1. The molecule has 0 bridgehead atoms. The summed E-state index contributed by atoms with van der Waals surface area (Å²) < 4.78 is 14.8. The Hall–Kier alpha value is -0.710. The fourth-order valence-corrected chi connectivity index (χ4v) is 3.27. The van der Waals surface area contributed by atoms with E-state index in [4.69, 9.17) is 0 Å². The molecule has 4 heteroatoms. The summed E-state index contributed by atoms with van der Waals surface area (Å²) in [5.74, 6) is -0.175. The zero-order valence-corrected chi connectivity index (χ0v) is 12.7. The Balaban J connectivity index is 2.30. The van der Waals surface area contributed by atoms with Crippen molar-refractivity contribution in [3.8, 4) is 10.4 Å². The topological polar surface area (TPSA) is 12.0 Å². The van der Waals surface area contributed by atoms with Gasteiger partial charge in [-0.05, 0) is 45.1 Å². The van der Waals surface area contributed by atoms with E-state index in [0.717, 1.165) is 21.5 Å². The van der Waals surface area contributed by atoms with Crippen molar-refractivity contribution in [2.75, 3.05) is 0 Å². The molecule has 1 aromatic heterocycles. The van der Waals surface area contributed by atoms with Gasteiger partial charge >= 0.3 is 0 Å². The Morgan fingerprint density at radius 1 is 1.33 bits per heavy atom. The quantitative estimate of drug-likeness (QED) is 0.849. The van der Waals surface area contributed by atoms with Gasteiger partial charge in [0.2, 0.25) is 0 Å². The highest BCUT2D eigenvalue weighted by Crippen LogP contribution is 2.35. The summed E-state index contributed by atoms with van der Waals surface area (Å²) in [5.41, 5.74) is 1.76. The van der Waals surface area contributed by atoms with Gasteiger partial charge in [-0.25, -0.2) is 4.39 Å². The molecule has 1 aromatic carbocycles. The van der Waals surface area contributed by atoms with Crippen LogP contribution in [0.15, 0.2) is 34.1 Å². The summed E-state index contributed by atoms with van der Waals surface area (Å²) in [6.07, 6.45) is 0. The van der Waals surface area contributed by atoms with E-state index >= 15 is 0 Å². The first kappa shape index (κ1) is 13.7. The minimum absolute atomic E-state index is 0.175. The first-order valence-electron chi connectivity index (χ1n) is 5.83. The van der Waals surface area contributed by atoms with Crippen molar-refractivity contribution in [2.24, 2.45) is 0 Å². The molecule has 0 radical (unpaired) electrons. The summed E-state index contributed by atoms with van der Waals surface area (Å²) in [4.78, 5) is 0.943. The van der Waals surface area contributed by atoms with Crippen molar-refractivity contribution in [3.63, 3.8) is 0 Å². The van der Waals surface area contributed by atoms with E-state index in [0.29, 0.717) is 11.6 Å². The molecule has 0 saturated carbocycles. The van der Waals surface area contributed by atoms with Gasteiger partial charge in [0.1, 0.15) is 5.82 Å². The highest BCUT2D eigenvalue weighted by Gasteiger charge is 2.11. The molecule has 0 aliphatic rings. The van der Waals surface area contributed by atoms with Gasteiger partial charge in [-0.3, -0.25) is 0 Å². The number of benzene rings is 1. The molecule has 96 valence electrons. The van der Waals surface area contributed by atoms with Gasteiger partial charge in [0.25, 0.3) is 0 Å². The monoisotopic (exact) mass is 327 g/mol. The van der Waals surface area contributed by atoms with Gasteiger partial charge in [0.15, 0.2) is 0 Å². The molecule has 0 saturated heterocycles. The maximum atomic E-state index is 13.9. The number of nitrogens with one attached hydrogen (secondary N) is 1. The van der Waals surface area contributed by atoms with Crippen molar-refractivity contribution in [3.05, 3.63) is 45.5 Å². The lowest BCUT2D eigenvalue weighted by Gasteiger charge is -2.10. The van der Waals surface area contributed by atoms with Gasteiger partial charge in [-0.1, -0.05) is 19.9 Å². The second-order valence-electron chi connectivity index (χ2n) is 4.45. The molecule has 0 spiro atoms. The van der Waals surface area contributed by atoms with Gasteiger partial charge in [0, 0.05) is 22.6 Å². The van der Waals surface area contributed by atoms with Crippen LogP contribution in [0.3, 0.4) is 0 Å². The maximum absolute atomic E-state index is 13.9. The summed E-state index contributed by atoms with van der Waals surface area (Å²) in [6, 6.07) is 7.65. The van der Waals surface area contributed by atoms with Crippen LogP contribution in [-0.2, 0) is 6.54 Å². The zero-order valence-electron chi connectivity index (χ0n) is 10.3. The molecule has 0 fully saturated rings. The predicted octanol–water partition coefficient (Wildman–Crippen LogP) is 4.81. The van der Waals surface area contributed by atoms with E-state index in [-0.39, 0.29) is 5.82 Å². The van der Waals surface area contributed by atoms with E-state index < -0.39 is 0 Å². The molecular weight excluding hydrogens is 313 g/mol. The molecule has 18 heavy (non-hydrogen) atoms. The van der Waals surface area contributed by atoms with E-state index in [1.54, 1.807) is 17.4 Å². The van der Waals surface area contributed by atoms with Crippen LogP contribution in [0.4, 0.5) is 4.39 Å². The highest BCUT2D eigenvalue weighted by molar-refractivity contribution is 9.10. The Labute approximate surface area is 119 Å². The Morgan fingerprint density at radius 3 is 2.72 bits per heavy atom. The largest absolute Gasteiger partial charge is 0.310 e. The molecule has 0 unspecified atom stereocenters. The van der Waals surface area contributed by atoms with E-state index in [1.165, 1.54) is 0 Å². The lowest BCUT2D eigenvalue weighted by molar-refractivity contribution is 0.586. The van der Waals surface area contributed by atoms with Crippen LogP contribution < -0.4 is 5.32 Å². The normalized spacial score (nSPS) is 11.2.